The molecule has 0 spiro atoms. The molecule has 0 aliphatic heterocycles. The highest BCUT2D eigenvalue weighted by Gasteiger charge is 2.04. The number of aromatic nitrogens is 2. The Bertz CT molecular complexity index is 539. The summed E-state index contributed by atoms with van der Waals surface area (Å²) in [6.45, 7) is -0.196. The third-order valence-corrected chi connectivity index (χ3v) is 2.17. The number of carboxylic acid groups (broad SMARTS) is 1. The molecular weight excluding hydrogens is 244 g/mol. The van der Waals surface area contributed by atoms with Gasteiger partial charge in [-0.25, -0.2) is 0 Å². The fourth-order valence-electron chi connectivity index (χ4n) is 1.29. The first kappa shape index (κ1) is 11.5. The minimum atomic E-state index is -0.956. The number of hydrogen-bond acceptors (Lipinski definition) is 3. The summed E-state index contributed by atoms with van der Waals surface area (Å²) >= 11 is 5.81. The highest BCUT2D eigenvalue weighted by Crippen LogP contribution is 2.23. The first-order valence-corrected chi connectivity index (χ1v) is 5.19. The van der Waals surface area contributed by atoms with E-state index < -0.39 is 5.97 Å². The number of nitrogens with zero attached hydrogens (tertiary/aromatic N) is 2. The number of halogens is 1. The number of rotatable bonds is 4. The Morgan fingerprint density at radius 3 is 3.00 bits per heavy atom. The van der Waals surface area contributed by atoms with E-state index in [4.69, 9.17) is 21.4 Å². The Hall–Kier alpha value is -2.01. The van der Waals surface area contributed by atoms with Gasteiger partial charge in [0.05, 0.1) is 12.4 Å². The van der Waals surface area contributed by atoms with Crippen molar-refractivity contribution in [2.45, 2.75) is 6.54 Å². The van der Waals surface area contributed by atoms with Crippen molar-refractivity contribution in [3.63, 3.8) is 0 Å². The molecule has 2 aromatic rings. The smallest absolute Gasteiger partial charge is 0.325 e. The van der Waals surface area contributed by atoms with Crippen LogP contribution < -0.4 is 4.74 Å². The second-order valence-corrected chi connectivity index (χ2v) is 3.76. The zero-order valence-corrected chi connectivity index (χ0v) is 9.46. The van der Waals surface area contributed by atoms with E-state index in [0.717, 1.165) is 0 Å². The van der Waals surface area contributed by atoms with Gasteiger partial charge in [-0.05, 0) is 18.2 Å². The molecule has 1 aromatic carbocycles. The molecule has 0 saturated heterocycles. The van der Waals surface area contributed by atoms with E-state index in [9.17, 15) is 4.79 Å². The third-order valence-electron chi connectivity index (χ3n) is 1.94. The summed E-state index contributed by atoms with van der Waals surface area (Å²) in [5.74, 6) is 0.0864. The number of carboxylic acids is 1. The van der Waals surface area contributed by atoms with Crippen LogP contribution in [0, 0.1) is 0 Å². The maximum Gasteiger partial charge on any atom is 0.325 e. The molecule has 0 bridgehead atoms. The van der Waals surface area contributed by atoms with Crippen LogP contribution in [-0.4, -0.2) is 20.9 Å². The molecule has 0 saturated carbocycles. The van der Waals surface area contributed by atoms with E-state index in [1.165, 1.54) is 17.1 Å². The zero-order valence-electron chi connectivity index (χ0n) is 8.71. The van der Waals surface area contributed by atoms with Crippen LogP contribution in [0.25, 0.3) is 0 Å². The molecule has 5 nitrogen and oxygen atoms in total. The minimum absolute atomic E-state index is 0.196. The van der Waals surface area contributed by atoms with Gasteiger partial charge in [-0.1, -0.05) is 17.7 Å². The van der Waals surface area contributed by atoms with Crippen molar-refractivity contribution in [2.24, 2.45) is 0 Å². The summed E-state index contributed by atoms with van der Waals surface area (Å²) in [5, 5.41) is 13.0. The van der Waals surface area contributed by atoms with Crippen molar-refractivity contribution >= 4 is 17.6 Å². The Morgan fingerprint density at radius 1 is 1.47 bits per heavy atom. The van der Waals surface area contributed by atoms with Crippen LogP contribution in [0.15, 0.2) is 36.7 Å². The van der Waals surface area contributed by atoms with Crippen LogP contribution in [0.5, 0.6) is 11.5 Å². The van der Waals surface area contributed by atoms with Gasteiger partial charge in [0, 0.05) is 5.02 Å². The molecule has 6 heteroatoms. The average molecular weight is 253 g/mol. The van der Waals surface area contributed by atoms with Crippen molar-refractivity contribution in [2.75, 3.05) is 0 Å². The topological polar surface area (TPSA) is 64.3 Å². The van der Waals surface area contributed by atoms with E-state index in [-0.39, 0.29) is 6.54 Å². The molecular formula is C11H9ClN2O3. The van der Waals surface area contributed by atoms with Crippen molar-refractivity contribution in [3.05, 3.63) is 41.7 Å². The summed E-state index contributed by atoms with van der Waals surface area (Å²) in [7, 11) is 0. The van der Waals surface area contributed by atoms with Gasteiger partial charge in [-0.3, -0.25) is 9.48 Å². The van der Waals surface area contributed by atoms with Crippen molar-refractivity contribution in [1.29, 1.82) is 0 Å². The fraction of sp³-hybridized carbons (Fsp3) is 0.0909. The highest BCUT2D eigenvalue weighted by molar-refractivity contribution is 6.30. The Morgan fingerprint density at radius 2 is 2.29 bits per heavy atom. The molecule has 1 aromatic heterocycles. The Kier molecular flexibility index (Phi) is 3.30. The van der Waals surface area contributed by atoms with Crippen LogP contribution in [0.4, 0.5) is 0 Å². The maximum absolute atomic E-state index is 10.5. The van der Waals surface area contributed by atoms with E-state index in [2.05, 4.69) is 5.10 Å². The zero-order chi connectivity index (χ0) is 12.3. The highest BCUT2D eigenvalue weighted by atomic mass is 35.5. The van der Waals surface area contributed by atoms with Gasteiger partial charge in [-0.2, -0.15) is 5.10 Å². The quantitative estimate of drug-likeness (QED) is 0.908. The number of benzene rings is 1. The van der Waals surface area contributed by atoms with Gasteiger partial charge in [0.2, 0.25) is 0 Å². The SMILES string of the molecule is O=C(O)Cn1cc(Oc2cccc(Cl)c2)cn1. The summed E-state index contributed by atoms with van der Waals surface area (Å²) in [4.78, 5) is 10.5. The summed E-state index contributed by atoms with van der Waals surface area (Å²) in [6.07, 6.45) is 2.96. The molecule has 2 rings (SSSR count). The minimum Gasteiger partial charge on any atom is -0.480 e. The summed E-state index contributed by atoms with van der Waals surface area (Å²) in [6, 6.07) is 6.91. The number of hydrogen-bond donors (Lipinski definition) is 1. The molecule has 0 aliphatic rings. The van der Waals surface area contributed by atoms with E-state index in [0.29, 0.717) is 16.5 Å². The van der Waals surface area contributed by atoms with Crippen molar-refractivity contribution in [1.82, 2.24) is 9.78 Å². The van der Waals surface area contributed by atoms with Gasteiger partial charge in [0.15, 0.2) is 5.75 Å². The predicted octanol–water partition coefficient (Wildman–Crippen LogP) is 2.41. The predicted molar refractivity (Wildman–Crippen MR) is 61.4 cm³/mol. The molecule has 0 unspecified atom stereocenters. The second-order valence-electron chi connectivity index (χ2n) is 3.33. The molecule has 17 heavy (non-hydrogen) atoms. The van der Waals surface area contributed by atoms with Crippen LogP contribution in [0.1, 0.15) is 0 Å². The number of aliphatic carboxylic acids is 1. The van der Waals surface area contributed by atoms with Crippen LogP contribution in [0.2, 0.25) is 5.02 Å². The average Bonchev–Trinajstić information content (AvgIpc) is 2.64. The van der Waals surface area contributed by atoms with Gasteiger partial charge < -0.3 is 9.84 Å². The lowest BCUT2D eigenvalue weighted by atomic mass is 10.3. The fourth-order valence-corrected chi connectivity index (χ4v) is 1.47. The van der Waals surface area contributed by atoms with Crippen LogP contribution in [-0.2, 0) is 11.3 Å². The molecule has 1 N–H and O–H groups in total. The van der Waals surface area contributed by atoms with Crippen LogP contribution in [0.3, 0.4) is 0 Å². The third kappa shape index (κ3) is 3.22. The van der Waals surface area contributed by atoms with Gasteiger partial charge in [0.1, 0.15) is 12.3 Å². The van der Waals surface area contributed by atoms with Gasteiger partial charge >= 0.3 is 5.97 Å². The monoisotopic (exact) mass is 252 g/mol. The van der Waals surface area contributed by atoms with E-state index in [1.807, 2.05) is 0 Å². The first-order valence-electron chi connectivity index (χ1n) is 4.81. The van der Waals surface area contributed by atoms with E-state index in [1.54, 1.807) is 24.3 Å². The maximum atomic E-state index is 10.5. The van der Waals surface area contributed by atoms with Crippen molar-refractivity contribution < 1.29 is 14.6 Å². The second kappa shape index (κ2) is 4.88. The molecule has 0 radical (unpaired) electrons. The lowest BCUT2D eigenvalue weighted by molar-refractivity contribution is -0.137. The van der Waals surface area contributed by atoms with Gasteiger partial charge in [0.25, 0.3) is 0 Å². The number of ether oxygens (including phenoxy) is 1. The molecule has 0 aliphatic carbocycles. The Balaban J connectivity index is 2.08. The number of carbonyl (C=O) groups is 1. The summed E-state index contributed by atoms with van der Waals surface area (Å²) in [5.41, 5.74) is 0. The van der Waals surface area contributed by atoms with E-state index >= 15 is 0 Å². The lowest BCUT2D eigenvalue weighted by Gasteiger charge is -2.02. The molecule has 1 heterocycles. The first-order chi connectivity index (χ1) is 8.13. The normalized spacial score (nSPS) is 10.2. The molecule has 0 amide bonds. The van der Waals surface area contributed by atoms with Crippen molar-refractivity contribution in [3.8, 4) is 11.5 Å². The largest absolute Gasteiger partial charge is 0.480 e. The molecule has 88 valence electrons. The molecule has 0 atom stereocenters. The van der Waals surface area contributed by atoms with Gasteiger partial charge in [-0.15, -0.1) is 0 Å². The van der Waals surface area contributed by atoms with Crippen LogP contribution >= 0.6 is 11.6 Å². The lowest BCUT2D eigenvalue weighted by Crippen LogP contribution is -2.08. The standard InChI is InChI=1S/C11H9ClN2O3/c12-8-2-1-3-9(4-8)17-10-5-13-14(6-10)7-11(15)16/h1-6H,7H2,(H,15,16). The Labute approximate surface area is 102 Å². The molecule has 0 fully saturated rings. The summed E-state index contributed by atoms with van der Waals surface area (Å²) < 4.78 is 6.74.